The number of benzene rings is 2. The van der Waals surface area contributed by atoms with Crippen LogP contribution in [-0.2, 0) is 6.42 Å². The Labute approximate surface area is 141 Å². The van der Waals surface area contributed by atoms with Crippen LogP contribution in [0, 0.1) is 0 Å². The lowest BCUT2D eigenvalue weighted by molar-refractivity contribution is 0.323. The fraction of sp³-hybridized carbons (Fsp3) is 0.211. The predicted molar refractivity (Wildman–Crippen MR) is 98.6 cm³/mol. The molecule has 0 aliphatic carbocycles. The molecular weight excluding hydrogens is 300 g/mol. The van der Waals surface area contributed by atoms with E-state index in [9.17, 15) is 0 Å². The second-order valence-electron chi connectivity index (χ2n) is 5.27. The normalized spacial score (nSPS) is 10.5. The van der Waals surface area contributed by atoms with Crippen LogP contribution in [0.1, 0.15) is 12.7 Å². The molecule has 1 aromatic heterocycles. The van der Waals surface area contributed by atoms with Gasteiger partial charge >= 0.3 is 0 Å². The molecule has 0 saturated heterocycles. The zero-order chi connectivity index (χ0) is 16.8. The van der Waals surface area contributed by atoms with E-state index in [4.69, 9.17) is 4.74 Å². The summed E-state index contributed by atoms with van der Waals surface area (Å²) in [6.45, 7) is 6.76. The summed E-state index contributed by atoms with van der Waals surface area (Å²) in [5.74, 6) is 1.42. The Morgan fingerprint density at radius 3 is 2.71 bits per heavy atom. The topological polar surface area (TPSA) is 59.4 Å². The van der Waals surface area contributed by atoms with Crippen LogP contribution in [-0.4, -0.2) is 29.8 Å². The number of rotatable bonds is 7. The number of aromatic nitrogens is 2. The van der Waals surface area contributed by atoms with Gasteiger partial charge in [-0.1, -0.05) is 31.2 Å². The number of anilines is 1. The Morgan fingerprint density at radius 2 is 1.88 bits per heavy atom. The number of nitrogens with zero attached hydrogens (tertiary/aromatic N) is 3. The highest BCUT2D eigenvalue weighted by molar-refractivity contribution is 5.83. The first-order chi connectivity index (χ1) is 11.8. The van der Waals surface area contributed by atoms with Gasteiger partial charge in [-0.25, -0.2) is 4.98 Å². The summed E-state index contributed by atoms with van der Waals surface area (Å²) in [4.78, 5) is 13.0. The van der Waals surface area contributed by atoms with Gasteiger partial charge in [-0.15, -0.1) is 0 Å². The van der Waals surface area contributed by atoms with Crippen LogP contribution in [0.25, 0.3) is 10.9 Å². The molecule has 5 nitrogen and oxygen atoms in total. The SMILES string of the molecule is C=Nc1ccccc1NCCOc1nc(CC)nc2ccccc12. The minimum absolute atomic E-state index is 0.496. The summed E-state index contributed by atoms with van der Waals surface area (Å²) in [6.07, 6.45) is 0.776. The quantitative estimate of drug-likeness (QED) is 0.528. The smallest absolute Gasteiger partial charge is 0.224 e. The van der Waals surface area contributed by atoms with E-state index >= 15 is 0 Å². The standard InChI is InChI=1S/C19H20N4O/c1-3-18-22-15-9-5-4-8-14(15)19(23-18)24-13-12-21-17-11-7-6-10-16(17)20-2/h4-11,21H,2-3,12-13H2,1H3. The zero-order valence-electron chi connectivity index (χ0n) is 13.7. The van der Waals surface area contributed by atoms with Crippen molar-refractivity contribution < 1.29 is 4.74 Å². The summed E-state index contributed by atoms with van der Waals surface area (Å²) in [7, 11) is 0. The maximum atomic E-state index is 5.90. The number of aryl methyl sites for hydroxylation is 1. The number of aliphatic imine (C=N–C) groups is 1. The Kier molecular flexibility index (Phi) is 5.01. The van der Waals surface area contributed by atoms with E-state index in [2.05, 4.69) is 27.0 Å². The van der Waals surface area contributed by atoms with Gasteiger partial charge in [-0.05, 0) is 31.0 Å². The molecule has 0 aliphatic heterocycles. The largest absolute Gasteiger partial charge is 0.475 e. The molecule has 2 aromatic carbocycles. The molecule has 0 radical (unpaired) electrons. The third-order valence-electron chi connectivity index (χ3n) is 3.66. The molecule has 0 spiro atoms. The lowest BCUT2D eigenvalue weighted by Crippen LogP contribution is -2.13. The second kappa shape index (κ2) is 7.55. The predicted octanol–water partition coefficient (Wildman–Crippen LogP) is 4.02. The Hall–Kier alpha value is -2.95. The van der Waals surface area contributed by atoms with Crippen molar-refractivity contribution in [1.82, 2.24) is 9.97 Å². The monoisotopic (exact) mass is 320 g/mol. The van der Waals surface area contributed by atoms with E-state index in [0.717, 1.165) is 34.5 Å². The third-order valence-corrected chi connectivity index (χ3v) is 3.66. The third kappa shape index (κ3) is 3.51. The number of hydrogen-bond acceptors (Lipinski definition) is 5. The summed E-state index contributed by atoms with van der Waals surface area (Å²) in [6, 6.07) is 15.7. The van der Waals surface area contributed by atoms with Crippen molar-refractivity contribution in [2.45, 2.75) is 13.3 Å². The van der Waals surface area contributed by atoms with Gasteiger partial charge in [0.1, 0.15) is 12.4 Å². The molecule has 0 atom stereocenters. The molecule has 24 heavy (non-hydrogen) atoms. The van der Waals surface area contributed by atoms with Gasteiger partial charge in [0.15, 0.2) is 0 Å². The molecule has 1 heterocycles. The van der Waals surface area contributed by atoms with Gasteiger partial charge in [0, 0.05) is 13.0 Å². The van der Waals surface area contributed by atoms with Crippen LogP contribution in [0.3, 0.4) is 0 Å². The minimum atomic E-state index is 0.496. The molecular formula is C19H20N4O. The van der Waals surface area contributed by atoms with Crippen molar-refractivity contribution >= 4 is 29.0 Å². The van der Waals surface area contributed by atoms with E-state index < -0.39 is 0 Å². The number of fused-ring (bicyclic) bond motifs is 1. The second-order valence-corrected chi connectivity index (χ2v) is 5.27. The maximum absolute atomic E-state index is 5.90. The van der Waals surface area contributed by atoms with Crippen molar-refractivity contribution in [3.8, 4) is 5.88 Å². The van der Waals surface area contributed by atoms with Gasteiger partial charge in [0.05, 0.1) is 22.3 Å². The lowest BCUT2D eigenvalue weighted by atomic mass is 10.2. The van der Waals surface area contributed by atoms with Crippen LogP contribution in [0.4, 0.5) is 11.4 Å². The van der Waals surface area contributed by atoms with Crippen LogP contribution in [0.2, 0.25) is 0 Å². The van der Waals surface area contributed by atoms with Gasteiger partial charge in [-0.2, -0.15) is 4.98 Å². The number of para-hydroxylation sites is 3. The molecule has 3 aromatic rings. The molecule has 0 amide bonds. The average molecular weight is 320 g/mol. The Bertz CT molecular complexity index is 848. The van der Waals surface area contributed by atoms with E-state index in [1.54, 1.807) is 0 Å². The van der Waals surface area contributed by atoms with Gasteiger partial charge in [0.25, 0.3) is 0 Å². The fourth-order valence-corrected chi connectivity index (χ4v) is 2.46. The van der Waals surface area contributed by atoms with Crippen molar-refractivity contribution in [2.75, 3.05) is 18.5 Å². The number of ether oxygens (including phenoxy) is 1. The molecule has 0 saturated carbocycles. The molecule has 0 aliphatic rings. The Balaban J connectivity index is 1.68. The average Bonchev–Trinajstić information content (AvgIpc) is 2.65. The molecule has 5 heteroatoms. The molecule has 122 valence electrons. The molecule has 0 fully saturated rings. The first-order valence-corrected chi connectivity index (χ1v) is 8.00. The van der Waals surface area contributed by atoms with E-state index in [0.29, 0.717) is 19.0 Å². The van der Waals surface area contributed by atoms with Crippen molar-refractivity contribution in [3.05, 3.63) is 54.4 Å². The van der Waals surface area contributed by atoms with E-state index in [1.165, 1.54) is 0 Å². The highest BCUT2D eigenvalue weighted by Crippen LogP contribution is 2.24. The van der Waals surface area contributed by atoms with Crippen LogP contribution in [0.5, 0.6) is 5.88 Å². The summed E-state index contributed by atoms with van der Waals surface area (Å²) < 4.78 is 5.90. The minimum Gasteiger partial charge on any atom is -0.475 e. The zero-order valence-corrected chi connectivity index (χ0v) is 13.7. The number of hydrogen-bond donors (Lipinski definition) is 1. The molecule has 1 N–H and O–H groups in total. The van der Waals surface area contributed by atoms with Gasteiger partial charge in [-0.3, -0.25) is 4.99 Å². The van der Waals surface area contributed by atoms with Crippen molar-refractivity contribution in [3.63, 3.8) is 0 Å². The van der Waals surface area contributed by atoms with Crippen LogP contribution >= 0.6 is 0 Å². The number of nitrogens with one attached hydrogen (secondary N) is 1. The van der Waals surface area contributed by atoms with E-state index in [-0.39, 0.29) is 0 Å². The summed E-state index contributed by atoms with van der Waals surface area (Å²) in [5, 5.41) is 4.24. The first-order valence-electron chi connectivity index (χ1n) is 8.00. The van der Waals surface area contributed by atoms with Crippen LogP contribution < -0.4 is 10.1 Å². The van der Waals surface area contributed by atoms with Gasteiger partial charge < -0.3 is 10.1 Å². The van der Waals surface area contributed by atoms with Gasteiger partial charge in [0.2, 0.25) is 5.88 Å². The summed E-state index contributed by atoms with van der Waals surface area (Å²) in [5.41, 5.74) is 2.68. The first kappa shape index (κ1) is 15.9. The van der Waals surface area contributed by atoms with Crippen molar-refractivity contribution in [1.29, 1.82) is 0 Å². The van der Waals surface area contributed by atoms with Crippen molar-refractivity contribution in [2.24, 2.45) is 4.99 Å². The molecule has 0 unspecified atom stereocenters. The highest BCUT2D eigenvalue weighted by atomic mass is 16.5. The van der Waals surface area contributed by atoms with Crippen LogP contribution in [0.15, 0.2) is 53.5 Å². The summed E-state index contributed by atoms with van der Waals surface area (Å²) >= 11 is 0. The Morgan fingerprint density at radius 1 is 1.08 bits per heavy atom. The maximum Gasteiger partial charge on any atom is 0.224 e. The fourth-order valence-electron chi connectivity index (χ4n) is 2.46. The molecule has 0 bridgehead atoms. The highest BCUT2D eigenvalue weighted by Gasteiger charge is 2.07. The molecule has 3 rings (SSSR count). The lowest BCUT2D eigenvalue weighted by Gasteiger charge is -2.12. The van der Waals surface area contributed by atoms with E-state index in [1.807, 2.05) is 55.5 Å².